The second-order valence-electron chi connectivity index (χ2n) is 5.34. The summed E-state index contributed by atoms with van der Waals surface area (Å²) in [5.41, 5.74) is 4.07. The van der Waals surface area contributed by atoms with Gasteiger partial charge in [-0.1, -0.05) is 25.8 Å². The number of hydrogen-bond acceptors (Lipinski definition) is 2. The van der Waals surface area contributed by atoms with Crippen molar-refractivity contribution in [3.8, 4) is 0 Å². The van der Waals surface area contributed by atoms with E-state index in [4.69, 9.17) is 5.84 Å². The Morgan fingerprint density at radius 2 is 2.22 bits per heavy atom. The molecule has 0 heterocycles. The molecule has 3 atom stereocenters. The van der Waals surface area contributed by atoms with Crippen molar-refractivity contribution < 1.29 is 4.39 Å². The van der Waals surface area contributed by atoms with Gasteiger partial charge < -0.3 is 0 Å². The molecule has 3 N–H and O–H groups in total. The van der Waals surface area contributed by atoms with Crippen molar-refractivity contribution in [3.63, 3.8) is 0 Å². The molecule has 2 rings (SSSR count). The Morgan fingerprint density at radius 3 is 2.83 bits per heavy atom. The Hall–Kier alpha value is -0.200. The van der Waals surface area contributed by atoms with Crippen LogP contribution in [0.25, 0.3) is 0 Å². The van der Waals surface area contributed by atoms with Gasteiger partial charge >= 0.3 is 0 Å². The molecule has 0 aliphatic heterocycles. The molecule has 1 aliphatic carbocycles. The highest BCUT2D eigenvalue weighted by Gasteiger charge is 2.28. The highest BCUT2D eigenvalue weighted by atomic mass is 127. The van der Waals surface area contributed by atoms with Crippen molar-refractivity contribution in [1.82, 2.24) is 5.43 Å². The number of rotatable bonds is 3. The maximum Gasteiger partial charge on any atom is 0.124 e. The van der Waals surface area contributed by atoms with Crippen molar-refractivity contribution in [2.24, 2.45) is 17.7 Å². The molecule has 1 aromatic rings. The number of hydrogen-bond donors (Lipinski definition) is 2. The summed E-state index contributed by atoms with van der Waals surface area (Å²) in [6.07, 6.45) is 4.98. The fraction of sp³-hybridized carbons (Fsp3) is 0.571. The third-order valence-corrected chi connectivity index (χ3v) is 4.86. The average Bonchev–Trinajstić information content (AvgIpc) is 2.33. The van der Waals surface area contributed by atoms with Crippen molar-refractivity contribution in [2.75, 3.05) is 0 Å². The lowest BCUT2D eigenvalue weighted by atomic mass is 9.77. The van der Waals surface area contributed by atoms with Gasteiger partial charge in [0, 0.05) is 9.61 Å². The van der Waals surface area contributed by atoms with Crippen LogP contribution in [-0.2, 0) is 0 Å². The van der Waals surface area contributed by atoms with Crippen LogP contribution in [0.2, 0.25) is 0 Å². The summed E-state index contributed by atoms with van der Waals surface area (Å²) in [4.78, 5) is 0. The number of benzene rings is 1. The van der Waals surface area contributed by atoms with E-state index >= 15 is 0 Å². The van der Waals surface area contributed by atoms with Crippen LogP contribution >= 0.6 is 22.6 Å². The largest absolute Gasteiger partial charge is 0.271 e. The van der Waals surface area contributed by atoms with Gasteiger partial charge in [-0.05, 0) is 65.0 Å². The van der Waals surface area contributed by atoms with Crippen LogP contribution in [0.3, 0.4) is 0 Å². The zero-order valence-corrected chi connectivity index (χ0v) is 12.8. The molecule has 0 aromatic heterocycles. The minimum Gasteiger partial charge on any atom is -0.271 e. The first-order chi connectivity index (χ1) is 8.61. The normalized spacial score (nSPS) is 26.0. The highest BCUT2D eigenvalue weighted by Crippen LogP contribution is 2.38. The smallest absolute Gasteiger partial charge is 0.124 e. The number of nitrogens with two attached hydrogens (primary N) is 1. The molecule has 0 saturated heterocycles. The van der Waals surface area contributed by atoms with Crippen LogP contribution in [0.1, 0.15) is 44.2 Å². The number of halogens is 2. The summed E-state index contributed by atoms with van der Waals surface area (Å²) in [7, 11) is 0. The fourth-order valence-corrected chi connectivity index (χ4v) is 3.83. The minimum atomic E-state index is -0.184. The van der Waals surface area contributed by atoms with Crippen molar-refractivity contribution >= 4 is 22.6 Å². The molecule has 4 heteroatoms. The first-order valence-corrected chi connectivity index (χ1v) is 7.60. The van der Waals surface area contributed by atoms with E-state index in [2.05, 4.69) is 34.9 Å². The van der Waals surface area contributed by atoms with Crippen LogP contribution in [0, 0.1) is 21.2 Å². The molecule has 0 bridgehead atoms. The second kappa shape index (κ2) is 6.30. The summed E-state index contributed by atoms with van der Waals surface area (Å²) in [5, 5.41) is 0. The lowest BCUT2D eigenvalue weighted by Gasteiger charge is -2.33. The minimum absolute atomic E-state index is 0.139. The molecule has 2 nitrogen and oxygen atoms in total. The third-order valence-electron chi connectivity index (χ3n) is 3.93. The maximum atomic E-state index is 13.2. The van der Waals surface area contributed by atoms with Crippen molar-refractivity contribution in [1.29, 1.82) is 0 Å². The van der Waals surface area contributed by atoms with Crippen LogP contribution in [0.15, 0.2) is 18.2 Å². The topological polar surface area (TPSA) is 38.0 Å². The van der Waals surface area contributed by atoms with Crippen molar-refractivity contribution in [3.05, 3.63) is 33.1 Å². The second-order valence-corrected chi connectivity index (χ2v) is 6.50. The van der Waals surface area contributed by atoms with E-state index in [0.29, 0.717) is 5.92 Å². The Balaban J connectivity index is 2.21. The zero-order chi connectivity index (χ0) is 13.1. The lowest BCUT2D eigenvalue weighted by Crippen LogP contribution is -2.36. The first-order valence-electron chi connectivity index (χ1n) is 6.53. The predicted octanol–water partition coefficient (Wildman–Crippen LogP) is 3.76. The van der Waals surface area contributed by atoms with Gasteiger partial charge in [-0.15, -0.1) is 0 Å². The molecule has 1 aliphatic rings. The van der Waals surface area contributed by atoms with Crippen LogP contribution in [-0.4, -0.2) is 0 Å². The van der Waals surface area contributed by atoms with Gasteiger partial charge in [0.2, 0.25) is 0 Å². The maximum absolute atomic E-state index is 13.2. The molecule has 1 aromatic carbocycles. The van der Waals surface area contributed by atoms with Gasteiger partial charge in [-0.2, -0.15) is 0 Å². The Labute approximate surface area is 122 Å². The van der Waals surface area contributed by atoms with Gasteiger partial charge in [-0.3, -0.25) is 11.3 Å². The first kappa shape index (κ1) is 14.2. The molecule has 0 spiro atoms. The van der Waals surface area contributed by atoms with E-state index in [1.54, 1.807) is 6.07 Å². The molecule has 0 radical (unpaired) electrons. The summed E-state index contributed by atoms with van der Waals surface area (Å²) < 4.78 is 14.1. The summed E-state index contributed by atoms with van der Waals surface area (Å²) >= 11 is 2.19. The SMILES string of the molecule is CC1CCCC(C(NN)c2ccc(F)cc2I)C1. The van der Waals surface area contributed by atoms with E-state index in [1.165, 1.54) is 31.7 Å². The molecule has 3 unspecified atom stereocenters. The quantitative estimate of drug-likeness (QED) is 0.488. The van der Waals surface area contributed by atoms with Gasteiger partial charge in [-0.25, -0.2) is 4.39 Å². The van der Waals surface area contributed by atoms with Crippen LogP contribution in [0.4, 0.5) is 4.39 Å². The Bertz CT molecular complexity index is 411. The molecule has 1 fully saturated rings. The van der Waals surface area contributed by atoms with Crippen molar-refractivity contribution in [2.45, 2.75) is 38.6 Å². The summed E-state index contributed by atoms with van der Waals surface area (Å²) in [5.74, 6) is 6.87. The molecular weight excluding hydrogens is 342 g/mol. The molecule has 0 amide bonds. The molecule has 18 heavy (non-hydrogen) atoms. The standard InChI is InChI=1S/C14H20FIN2/c1-9-3-2-4-10(7-9)14(18-17)12-6-5-11(15)8-13(12)16/h5-6,8-10,14,18H,2-4,7,17H2,1H3. The number of nitrogens with one attached hydrogen (secondary N) is 1. The van der Waals surface area contributed by atoms with E-state index in [0.717, 1.165) is 15.1 Å². The average molecular weight is 362 g/mol. The highest BCUT2D eigenvalue weighted by molar-refractivity contribution is 14.1. The zero-order valence-electron chi connectivity index (χ0n) is 10.6. The Kier molecular flexibility index (Phi) is 4.98. The monoisotopic (exact) mass is 362 g/mol. The van der Waals surface area contributed by atoms with Gasteiger partial charge in [0.15, 0.2) is 0 Å². The molecule has 1 saturated carbocycles. The van der Waals surface area contributed by atoms with E-state index in [1.807, 2.05) is 6.07 Å². The summed E-state index contributed by atoms with van der Waals surface area (Å²) in [6.45, 7) is 2.30. The Morgan fingerprint density at radius 1 is 1.44 bits per heavy atom. The molecular formula is C14H20FIN2. The van der Waals surface area contributed by atoms with Gasteiger partial charge in [0.05, 0.1) is 0 Å². The van der Waals surface area contributed by atoms with E-state index in [9.17, 15) is 4.39 Å². The predicted molar refractivity (Wildman–Crippen MR) is 80.3 cm³/mol. The third kappa shape index (κ3) is 3.22. The van der Waals surface area contributed by atoms with Crippen LogP contribution < -0.4 is 11.3 Å². The fourth-order valence-electron chi connectivity index (χ4n) is 3.02. The number of hydrazine groups is 1. The van der Waals surface area contributed by atoms with Gasteiger partial charge in [0.1, 0.15) is 5.82 Å². The van der Waals surface area contributed by atoms with Crippen LogP contribution in [0.5, 0.6) is 0 Å². The van der Waals surface area contributed by atoms with Gasteiger partial charge in [0.25, 0.3) is 0 Å². The lowest BCUT2D eigenvalue weighted by molar-refractivity contribution is 0.224. The summed E-state index contributed by atoms with van der Waals surface area (Å²) in [6, 6.07) is 5.10. The molecule has 100 valence electrons. The van der Waals surface area contributed by atoms with E-state index < -0.39 is 0 Å². The van der Waals surface area contributed by atoms with E-state index in [-0.39, 0.29) is 11.9 Å².